The number of hydrogen-bond acceptors (Lipinski definition) is 3. The van der Waals surface area contributed by atoms with Crippen LogP contribution in [-0.4, -0.2) is 36.2 Å². The van der Waals surface area contributed by atoms with E-state index in [-0.39, 0.29) is 11.3 Å². The minimum absolute atomic E-state index is 0.0684. The van der Waals surface area contributed by atoms with Gasteiger partial charge in [-0.3, -0.25) is 5.43 Å². The molecule has 0 saturated heterocycles. The smallest absolute Gasteiger partial charge is 0.337 e. The van der Waals surface area contributed by atoms with Gasteiger partial charge in [0.2, 0.25) is 0 Å². The maximum Gasteiger partial charge on any atom is 0.337 e. The molecule has 3 N–H and O–H groups in total. The van der Waals surface area contributed by atoms with Crippen LogP contribution in [0.15, 0.2) is 18.2 Å². The molecule has 0 bridgehead atoms. The summed E-state index contributed by atoms with van der Waals surface area (Å²) in [6, 6.07) is 4.32. The fourth-order valence-corrected chi connectivity index (χ4v) is 1.30. The molecule has 0 aromatic heterocycles. The van der Waals surface area contributed by atoms with Crippen LogP contribution in [0.25, 0.3) is 0 Å². The van der Waals surface area contributed by atoms with E-state index in [9.17, 15) is 9.59 Å². The van der Waals surface area contributed by atoms with Crippen LogP contribution in [0.3, 0.4) is 0 Å². The van der Waals surface area contributed by atoms with Gasteiger partial charge in [0.1, 0.15) is 0 Å². The Hall–Kier alpha value is -2.08. The number of rotatable bonds is 3. The van der Waals surface area contributed by atoms with E-state index in [1.54, 1.807) is 33.2 Å². The minimum Gasteiger partial charge on any atom is -0.478 e. The van der Waals surface area contributed by atoms with Gasteiger partial charge in [0.05, 0.1) is 11.3 Å². The van der Waals surface area contributed by atoms with Crippen molar-refractivity contribution in [2.45, 2.75) is 6.92 Å². The van der Waals surface area contributed by atoms with E-state index < -0.39 is 12.0 Å². The predicted molar refractivity (Wildman–Crippen MR) is 64.0 cm³/mol. The number of urea groups is 1. The van der Waals surface area contributed by atoms with Crippen molar-refractivity contribution in [1.82, 2.24) is 10.4 Å². The quantitative estimate of drug-likeness (QED) is 0.692. The third-order valence-electron chi connectivity index (χ3n) is 1.98. The standard InChI is InChI=1S/C11H15N3O3/c1-7-4-5-9(8(6-7)10(15)16)12-11(17)13-14(2)3/h4-6H,1-3H3,(H,15,16)(H2,12,13,17). The summed E-state index contributed by atoms with van der Waals surface area (Å²) in [5, 5.41) is 12.9. The van der Waals surface area contributed by atoms with Crippen molar-refractivity contribution in [3.05, 3.63) is 29.3 Å². The third-order valence-corrected chi connectivity index (χ3v) is 1.98. The van der Waals surface area contributed by atoms with Gasteiger partial charge >= 0.3 is 12.0 Å². The molecule has 0 atom stereocenters. The van der Waals surface area contributed by atoms with E-state index in [0.717, 1.165) is 5.56 Å². The second-order valence-electron chi connectivity index (χ2n) is 3.81. The maximum absolute atomic E-state index is 11.4. The molecular weight excluding hydrogens is 222 g/mol. The Labute approximate surface area is 99.2 Å². The van der Waals surface area contributed by atoms with Crippen molar-refractivity contribution >= 4 is 17.7 Å². The van der Waals surface area contributed by atoms with Gasteiger partial charge in [0.15, 0.2) is 0 Å². The Morgan fingerprint density at radius 3 is 2.47 bits per heavy atom. The van der Waals surface area contributed by atoms with E-state index in [0.29, 0.717) is 0 Å². The highest BCUT2D eigenvalue weighted by Crippen LogP contribution is 2.17. The van der Waals surface area contributed by atoms with Gasteiger partial charge in [-0.1, -0.05) is 11.6 Å². The minimum atomic E-state index is -1.08. The van der Waals surface area contributed by atoms with Crippen molar-refractivity contribution in [2.75, 3.05) is 19.4 Å². The first-order valence-corrected chi connectivity index (χ1v) is 4.99. The molecule has 0 spiro atoms. The number of nitrogens with zero attached hydrogens (tertiary/aromatic N) is 1. The van der Waals surface area contributed by atoms with Crippen molar-refractivity contribution < 1.29 is 14.7 Å². The largest absolute Gasteiger partial charge is 0.478 e. The van der Waals surface area contributed by atoms with Crippen LogP contribution in [-0.2, 0) is 0 Å². The van der Waals surface area contributed by atoms with Gasteiger partial charge in [0.25, 0.3) is 0 Å². The highest BCUT2D eigenvalue weighted by atomic mass is 16.4. The lowest BCUT2D eigenvalue weighted by atomic mass is 10.1. The summed E-state index contributed by atoms with van der Waals surface area (Å²) in [6.45, 7) is 1.79. The monoisotopic (exact) mass is 237 g/mol. The number of nitrogens with one attached hydrogen (secondary N) is 2. The number of aryl methyl sites for hydroxylation is 1. The lowest BCUT2D eigenvalue weighted by Crippen LogP contribution is -2.39. The summed E-state index contributed by atoms with van der Waals surface area (Å²) in [5.74, 6) is -1.08. The average Bonchev–Trinajstić information content (AvgIpc) is 2.19. The number of carbonyl (C=O) groups excluding carboxylic acids is 1. The molecular formula is C11H15N3O3. The number of aromatic carboxylic acids is 1. The lowest BCUT2D eigenvalue weighted by Gasteiger charge is -2.14. The number of hydrogen-bond donors (Lipinski definition) is 3. The molecule has 0 aliphatic heterocycles. The summed E-state index contributed by atoms with van der Waals surface area (Å²) in [6.07, 6.45) is 0. The van der Waals surface area contributed by atoms with Crippen LogP contribution >= 0.6 is 0 Å². The Balaban J connectivity index is 2.91. The van der Waals surface area contributed by atoms with E-state index >= 15 is 0 Å². The molecule has 1 aromatic rings. The summed E-state index contributed by atoms with van der Waals surface area (Å²) in [4.78, 5) is 22.4. The molecule has 1 rings (SSSR count). The molecule has 0 radical (unpaired) electrons. The zero-order chi connectivity index (χ0) is 13.0. The molecule has 6 heteroatoms. The molecule has 92 valence electrons. The van der Waals surface area contributed by atoms with E-state index in [1.165, 1.54) is 11.1 Å². The summed E-state index contributed by atoms with van der Waals surface area (Å²) < 4.78 is 0. The van der Waals surface area contributed by atoms with Crippen LogP contribution in [0.4, 0.5) is 10.5 Å². The average molecular weight is 237 g/mol. The molecule has 1 aromatic carbocycles. The van der Waals surface area contributed by atoms with Gasteiger partial charge in [0, 0.05) is 14.1 Å². The maximum atomic E-state index is 11.4. The van der Waals surface area contributed by atoms with E-state index in [1.807, 2.05) is 0 Å². The van der Waals surface area contributed by atoms with Crippen molar-refractivity contribution in [3.63, 3.8) is 0 Å². The highest BCUT2D eigenvalue weighted by molar-refractivity contribution is 6.00. The van der Waals surface area contributed by atoms with Crippen molar-refractivity contribution in [1.29, 1.82) is 0 Å². The number of benzene rings is 1. The molecule has 0 saturated carbocycles. The molecule has 2 amide bonds. The molecule has 0 unspecified atom stereocenters. The molecule has 17 heavy (non-hydrogen) atoms. The van der Waals surface area contributed by atoms with Gasteiger partial charge < -0.3 is 10.4 Å². The number of carbonyl (C=O) groups is 2. The van der Waals surface area contributed by atoms with Crippen LogP contribution in [0.2, 0.25) is 0 Å². The van der Waals surface area contributed by atoms with Crippen LogP contribution in [0.5, 0.6) is 0 Å². The molecule has 0 aliphatic carbocycles. The van der Waals surface area contributed by atoms with Crippen molar-refractivity contribution in [3.8, 4) is 0 Å². The first-order chi connectivity index (χ1) is 7.90. The van der Waals surface area contributed by atoms with Gasteiger partial charge in [-0.25, -0.2) is 14.6 Å². The van der Waals surface area contributed by atoms with Gasteiger partial charge in [-0.05, 0) is 19.1 Å². The Morgan fingerprint density at radius 1 is 1.29 bits per heavy atom. The number of carboxylic acids is 1. The second kappa shape index (κ2) is 5.31. The molecule has 6 nitrogen and oxygen atoms in total. The summed E-state index contributed by atoms with van der Waals surface area (Å²) in [7, 11) is 3.32. The third kappa shape index (κ3) is 3.76. The number of hydrazine groups is 1. The van der Waals surface area contributed by atoms with Crippen LogP contribution in [0, 0.1) is 6.92 Å². The number of anilines is 1. The Morgan fingerprint density at radius 2 is 1.94 bits per heavy atom. The molecule has 0 fully saturated rings. The Bertz CT molecular complexity index is 444. The topological polar surface area (TPSA) is 81.7 Å². The summed E-state index contributed by atoms with van der Waals surface area (Å²) in [5.41, 5.74) is 3.62. The molecule has 0 heterocycles. The second-order valence-corrected chi connectivity index (χ2v) is 3.81. The lowest BCUT2D eigenvalue weighted by molar-refractivity contribution is 0.0698. The fourth-order valence-electron chi connectivity index (χ4n) is 1.30. The van der Waals surface area contributed by atoms with E-state index in [2.05, 4.69) is 10.7 Å². The zero-order valence-corrected chi connectivity index (χ0v) is 9.94. The van der Waals surface area contributed by atoms with Gasteiger partial charge in [-0.15, -0.1) is 0 Å². The summed E-state index contributed by atoms with van der Waals surface area (Å²) >= 11 is 0. The van der Waals surface area contributed by atoms with Crippen molar-refractivity contribution in [2.24, 2.45) is 0 Å². The SMILES string of the molecule is Cc1ccc(NC(=O)NN(C)C)c(C(=O)O)c1. The first kappa shape index (κ1) is 13.0. The fraction of sp³-hybridized carbons (Fsp3) is 0.273. The first-order valence-electron chi connectivity index (χ1n) is 4.99. The number of carboxylic acid groups (broad SMARTS) is 1. The van der Waals surface area contributed by atoms with E-state index in [4.69, 9.17) is 5.11 Å². The Kier molecular flexibility index (Phi) is 4.06. The number of amides is 2. The van der Waals surface area contributed by atoms with Crippen LogP contribution in [0.1, 0.15) is 15.9 Å². The normalized spacial score (nSPS) is 10.1. The van der Waals surface area contributed by atoms with Gasteiger partial charge in [-0.2, -0.15) is 0 Å². The predicted octanol–water partition coefficient (Wildman–Crippen LogP) is 1.29. The zero-order valence-electron chi connectivity index (χ0n) is 9.94. The molecule has 0 aliphatic rings. The highest BCUT2D eigenvalue weighted by Gasteiger charge is 2.12. The van der Waals surface area contributed by atoms with Crippen LogP contribution < -0.4 is 10.7 Å².